The Morgan fingerprint density at radius 3 is 2.80 bits per heavy atom. The molecule has 0 aliphatic heterocycles. The number of halogens is 3. The number of pyridine rings is 1. The summed E-state index contributed by atoms with van der Waals surface area (Å²) in [5.41, 5.74) is 3.00. The van der Waals surface area contributed by atoms with Crippen molar-refractivity contribution in [2.24, 2.45) is 13.0 Å². The number of ether oxygens (including phenoxy) is 1. The number of aryl methyl sites for hydroxylation is 1. The number of fused-ring (bicyclic) bond motifs is 1. The van der Waals surface area contributed by atoms with Crippen LogP contribution in [0.15, 0.2) is 48.8 Å². The van der Waals surface area contributed by atoms with Crippen molar-refractivity contribution in [3.63, 3.8) is 0 Å². The minimum Gasteiger partial charge on any atom is -0.468 e. The number of aromatic nitrogens is 2. The number of benzene rings is 1. The van der Waals surface area contributed by atoms with Crippen molar-refractivity contribution in [3.05, 3.63) is 59.9 Å². The van der Waals surface area contributed by atoms with Gasteiger partial charge in [-0.1, -0.05) is 18.2 Å². The van der Waals surface area contributed by atoms with Crippen molar-refractivity contribution in [2.45, 2.75) is 31.5 Å². The summed E-state index contributed by atoms with van der Waals surface area (Å²) in [4.78, 5) is 16.5. The van der Waals surface area contributed by atoms with E-state index in [1.165, 1.54) is 17.6 Å². The molecule has 158 valence electrons. The van der Waals surface area contributed by atoms with Crippen molar-refractivity contribution in [1.29, 1.82) is 0 Å². The van der Waals surface area contributed by atoms with Crippen LogP contribution in [-0.4, -0.2) is 28.2 Å². The molecule has 1 fully saturated rings. The summed E-state index contributed by atoms with van der Waals surface area (Å²) in [6.07, 6.45) is -0.171. The van der Waals surface area contributed by atoms with Gasteiger partial charge in [0.25, 0.3) is 0 Å². The zero-order valence-corrected chi connectivity index (χ0v) is 16.6. The van der Waals surface area contributed by atoms with Crippen LogP contribution < -0.4 is 10.1 Å². The van der Waals surface area contributed by atoms with Crippen LogP contribution >= 0.6 is 0 Å². The lowest BCUT2D eigenvalue weighted by Gasteiger charge is -2.15. The highest BCUT2D eigenvalue weighted by atomic mass is 19.4. The number of nitrogens with one attached hydrogen (secondary N) is 1. The molecule has 1 saturated carbocycles. The Morgan fingerprint density at radius 2 is 2.10 bits per heavy atom. The van der Waals surface area contributed by atoms with Crippen LogP contribution in [0.5, 0.6) is 5.88 Å². The summed E-state index contributed by atoms with van der Waals surface area (Å²) in [7, 11) is 2.00. The number of hydrogen-bond donors (Lipinski definition) is 1. The monoisotopic (exact) mass is 417 g/mol. The van der Waals surface area contributed by atoms with Crippen molar-refractivity contribution in [1.82, 2.24) is 14.9 Å². The van der Waals surface area contributed by atoms with Gasteiger partial charge in [0, 0.05) is 36.9 Å². The van der Waals surface area contributed by atoms with Crippen molar-refractivity contribution in [3.8, 4) is 5.88 Å². The Bertz CT molecular complexity index is 1060. The minimum atomic E-state index is -4.41. The topological polar surface area (TPSA) is 56.2 Å². The Kier molecular flexibility index (Phi) is 5.17. The fourth-order valence-corrected chi connectivity index (χ4v) is 3.66. The number of nitrogens with zero attached hydrogens (tertiary/aromatic N) is 2. The van der Waals surface area contributed by atoms with E-state index in [4.69, 9.17) is 0 Å². The van der Waals surface area contributed by atoms with Crippen LogP contribution in [0.1, 0.15) is 36.4 Å². The standard InChI is InChI=1S/C22H22F3N3O2/c1-13(16-5-6-20(26-11-16)30-12-22(23,24)25)27-21(29)18-10-17(18)15-4-3-14-7-8-28(2)19(14)9-15/h3-9,11,13,17-18H,10,12H2,1-2H3,(H,27,29)/t13-,17?,18?/m1/s1. The highest BCUT2D eigenvalue weighted by Crippen LogP contribution is 2.48. The van der Waals surface area contributed by atoms with Crippen LogP contribution in [-0.2, 0) is 11.8 Å². The second-order valence-corrected chi connectivity index (χ2v) is 7.76. The Labute approximate surface area is 171 Å². The Balaban J connectivity index is 1.34. The quantitative estimate of drug-likeness (QED) is 0.643. The average Bonchev–Trinajstić information content (AvgIpc) is 3.43. The summed E-state index contributed by atoms with van der Waals surface area (Å²) in [6, 6.07) is 11.0. The SMILES string of the molecule is C[C@@H](NC(=O)C1CC1c1ccc2ccn(C)c2c1)c1ccc(OCC(F)(F)F)nc1. The van der Waals surface area contributed by atoms with Gasteiger partial charge in [0.05, 0.1) is 6.04 Å². The van der Waals surface area contributed by atoms with Gasteiger partial charge in [-0.2, -0.15) is 13.2 Å². The van der Waals surface area contributed by atoms with Gasteiger partial charge in [-0.3, -0.25) is 4.79 Å². The third-order valence-corrected chi connectivity index (χ3v) is 5.47. The average molecular weight is 417 g/mol. The number of carbonyl (C=O) groups is 1. The maximum Gasteiger partial charge on any atom is 0.422 e. The second-order valence-electron chi connectivity index (χ2n) is 7.76. The maximum absolute atomic E-state index is 12.6. The van der Waals surface area contributed by atoms with Crippen molar-refractivity contribution < 1.29 is 22.7 Å². The molecule has 1 N–H and O–H groups in total. The van der Waals surface area contributed by atoms with E-state index in [1.54, 1.807) is 6.07 Å². The first-order valence-corrected chi connectivity index (χ1v) is 9.72. The molecule has 1 aliphatic carbocycles. The largest absolute Gasteiger partial charge is 0.468 e. The molecule has 0 spiro atoms. The molecule has 2 unspecified atom stereocenters. The summed E-state index contributed by atoms with van der Waals surface area (Å²) in [5, 5.41) is 4.15. The lowest BCUT2D eigenvalue weighted by molar-refractivity contribution is -0.154. The van der Waals surface area contributed by atoms with Gasteiger partial charge in [-0.05, 0) is 47.9 Å². The van der Waals surface area contributed by atoms with E-state index in [0.29, 0.717) is 5.56 Å². The molecule has 8 heteroatoms. The molecule has 5 nitrogen and oxygen atoms in total. The lowest BCUT2D eigenvalue weighted by atomic mass is 10.1. The first-order valence-electron chi connectivity index (χ1n) is 9.72. The third-order valence-electron chi connectivity index (χ3n) is 5.47. The predicted molar refractivity (Wildman–Crippen MR) is 106 cm³/mol. The van der Waals surface area contributed by atoms with E-state index in [2.05, 4.69) is 43.9 Å². The molecule has 2 heterocycles. The normalized spacial score (nSPS) is 19.5. The van der Waals surface area contributed by atoms with Gasteiger partial charge in [0.15, 0.2) is 6.61 Å². The van der Waals surface area contributed by atoms with Gasteiger partial charge in [-0.15, -0.1) is 0 Å². The molecule has 0 radical (unpaired) electrons. The number of rotatable bonds is 6. The molecule has 1 aliphatic rings. The number of amides is 1. The zero-order chi connectivity index (χ0) is 21.5. The van der Waals surface area contributed by atoms with E-state index in [9.17, 15) is 18.0 Å². The molecule has 0 saturated heterocycles. The fraction of sp³-hybridized carbons (Fsp3) is 0.364. The zero-order valence-electron chi connectivity index (χ0n) is 16.6. The molecule has 3 aromatic rings. The number of hydrogen-bond acceptors (Lipinski definition) is 3. The Hall–Kier alpha value is -3.03. The van der Waals surface area contributed by atoms with Crippen LogP contribution in [0.3, 0.4) is 0 Å². The van der Waals surface area contributed by atoms with Gasteiger partial charge in [-0.25, -0.2) is 4.98 Å². The molecular weight excluding hydrogens is 395 g/mol. The van der Waals surface area contributed by atoms with Crippen LogP contribution in [0, 0.1) is 5.92 Å². The second kappa shape index (κ2) is 7.66. The molecule has 30 heavy (non-hydrogen) atoms. The molecule has 1 amide bonds. The van der Waals surface area contributed by atoms with Crippen LogP contribution in [0.2, 0.25) is 0 Å². The van der Waals surface area contributed by atoms with Gasteiger partial charge >= 0.3 is 6.18 Å². The first kappa shape index (κ1) is 20.3. The highest BCUT2D eigenvalue weighted by Gasteiger charge is 2.44. The van der Waals surface area contributed by atoms with Crippen molar-refractivity contribution >= 4 is 16.8 Å². The summed E-state index contributed by atoms with van der Waals surface area (Å²) in [6.45, 7) is 0.432. The summed E-state index contributed by atoms with van der Waals surface area (Å²) < 4.78 is 43.3. The van der Waals surface area contributed by atoms with Gasteiger partial charge < -0.3 is 14.6 Å². The van der Waals surface area contributed by atoms with Gasteiger partial charge in [0.2, 0.25) is 11.8 Å². The molecular formula is C22H22F3N3O2. The number of carbonyl (C=O) groups excluding carboxylic acids is 1. The molecule has 1 aromatic carbocycles. The predicted octanol–water partition coefficient (Wildman–Crippen LogP) is 4.50. The smallest absolute Gasteiger partial charge is 0.422 e. The first-order chi connectivity index (χ1) is 14.2. The molecule has 0 bridgehead atoms. The van der Waals surface area contributed by atoms with E-state index in [0.717, 1.165) is 17.5 Å². The molecule has 3 atom stereocenters. The van der Waals surface area contributed by atoms with Crippen LogP contribution in [0.25, 0.3) is 10.9 Å². The highest BCUT2D eigenvalue weighted by molar-refractivity contribution is 5.85. The van der Waals surface area contributed by atoms with Gasteiger partial charge in [0.1, 0.15) is 0 Å². The maximum atomic E-state index is 12.6. The van der Waals surface area contributed by atoms with Crippen molar-refractivity contribution in [2.75, 3.05) is 6.61 Å². The fourth-order valence-electron chi connectivity index (χ4n) is 3.66. The van der Waals surface area contributed by atoms with E-state index in [1.807, 2.05) is 20.2 Å². The number of alkyl halides is 3. The summed E-state index contributed by atoms with van der Waals surface area (Å²) in [5.74, 6) is -0.00917. The lowest BCUT2D eigenvalue weighted by Crippen LogP contribution is -2.28. The minimum absolute atomic E-state index is 0.0307. The summed E-state index contributed by atoms with van der Waals surface area (Å²) >= 11 is 0. The van der Waals surface area contributed by atoms with E-state index >= 15 is 0 Å². The third kappa shape index (κ3) is 4.42. The molecule has 2 aromatic heterocycles. The Morgan fingerprint density at radius 1 is 1.30 bits per heavy atom. The van der Waals surface area contributed by atoms with E-state index < -0.39 is 12.8 Å². The van der Waals surface area contributed by atoms with Crippen LogP contribution in [0.4, 0.5) is 13.2 Å². The van der Waals surface area contributed by atoms with E-state index in [-0.39, 0.29) is 29.7 Å². The molecule has 4 rings (SSSR count).